The van der Waals surface area contributed by atoms with Crippen LogP contribution in [0.3, 0.4) is 0 Å². The molecular formula is C20H27N. The Morgan fingerprint density at radius 3 is 2.52 bits per heavy atom. The molecule has 1 nitrogen and oxygen atoms in total. The number of benzene rings is 2. The molecule has 1 unspecified atom stereocenters. The second-order valence-electron chi connectivity index (χ2n) is 6.87. The predicted octanol–water partition coefficient (Wildman–Crippen LogP) is 5.38. The van der Waals surface area contributed by atoms with Gasteiger partial charge in [-0.3, -0.25) is 0 Å². The summed E-state index contributed by atoms with van der Waals surface area (Å²) in [4.78, 5) is 0. The Morgan fingerprint density at radius 1 is 1.10 bits per heavy atom. The van der Waals surface area contributed by atoms with Crippen LogP contribution in [0.4, 0.5) is 0 Å². The molecule has 1 N–H and O–H groups in total. The lowest BCUT2D eigenvalue weighted by Gasteiger charge is -2.37. The Labute approximate surface area is 128 Å². The maximum Gasteiger partial charge on any atom is 0.0383 e. The van der Waals surface area contributed by atoms with Gasteiger partial charge < -0.3 is 5.32 Å². The van der Waals surface area contributed by atoms with Crippen LogP contribution >= 0.6 is 0 Å². The summed E-state index contributed by atoms with van der Waals surface area (Å²) in [5.41, 5.74) is 3.34. The maximum absolute atomic E-state index is 3.81. The van der Waals surface area contributed by atoms with Crippen molar-refractivity contribution in [2.75, 3.05) is 6.54 Å². The molecule has 0 radical (unpaired) electrons. The van der Waals surface area contributed by atoms with Crippen molar-refractivity contribution in [1.82, 2.24) is 5.32 Å². The Balaban J connectivity index is 2.17. The fraction of sp³-hybridized carbons (Fsp3) is 0.500. The van der Waals surface area contributed by atoms with E-state index < -0.39 is 0 Å². The summed E-state index contributed by atoms with van der Waals surface area (Å²) in [6, 6.07) is 13.9. The fourth-order valence-corrected chi connectivity index (χ4v) is 4.16. The highest BCUT2D eigenvalue weighted by molar-refractivity contribution is 5.87. The van der Waals surface area contributed by atoms with Crippen LogP contribution in [0.1, 0.15) is 56.7 Å². The van der Waals surface area contributed by atoms with Crippen molar-refractivity contribution in [3.63, 3.8) is 0 Å². The number of hydrogen-bond donors (Lipinski definition) is 1. The first-order valence-corrected chi connectivity index (χ1v) is 8.37. The lowest BCUT2D eigenvalue weighted by atomic mass is 9.75. The van der Waals surface area contributed by atoms with E-state index in [1.54, 1.807) is 0 Å². The maximum atomic E-state index is 3.81. The van der Waals surface area contributed by atoms with Crippen molar-refractivity contribution in [1.29, 1.82) is 0 Å². The number of hydrogen-bond acceptors (Lipinski definition) is 1. The number of nitrogens with one attached hydrogen (secondary N) is 1. The van der Waals surface area contributed by atoms with E-state index in [4.69, 9.17) is 0 Å². The average Bonchev–Trinajstić information content (AvgIpc) is 2.93. The van der Waals surface area contributed by atoms with Gasteiger partial charge in [-0.2, -0.15) is 0 Å². The van der Waals surface area contributed by atoms with Gasteiger partial charge in [0.15, 0.2) is 0 Å². The van der Waals surface area contributed by atoms with E-state index in [-0.39, 0.29) is 0 Å². The molecule has 0 spiro atoms. The molecule has 3 rings (SSSR count). The van der Waals surface area contributed by atoms with Gasteiger partial charge in [0.1, 0.15) is 0 Å². The first kappa shape index (κ1) is 14.6. The highest BCUT2D eigenvalue weighted by atomic mass is 14.9. The van der Waals surface area contributed by atoms with Crippen molar-refractivity contribution >= 4 is 10.8 Å². The average molecular weight is 281 g/mol. The summed E-state index contributed by atoms with van der Waals surface area (Å²) in [6.07, 6.45) is 5.44. The third kappa shape index (κ3) is 2.60. The molecule has 2 aromatic carbocycles. The summed E-state index contributed by atoms with van der Waals surface area (Å²) >= 11 is 0. The van der Waals surface area contributed by atoms with Gasteiger partial charge in [-0.05, 0) is 53.6 Å². The second kappa shape index (κ2) is 5.81. The van der Waals surface area contributed by atoms with Crippen LogP contribution in [-0.4, -0.2) is 6.54 Å². The van der Waals surface area contributed by atoms with Crippen molar-refractivity contribution < 1.29 is 0 Å². The quantitative estimate of drug-likeness (QED) is 0.793. The van der Waals surface area contributed by atoms with Gasteiger partial charge in [-0.25, -0.2) is 0 Å². The molecule has 1 aliphatic rings. The van der Waals surface area contributed by atoms with Gasteiger partial charge in [-0.15, -0.1) is 0 Å². The fourth-order valence-electron chi connectivity index (χ4n) is 4.16. The minimum Gasteiger partial charge on any atom is -0.310 e. The molecule has 1 fully saturated rings. The Kier molecular flexibility index (Phi) is 4.03. The third-order valence-electron chi connectivity index (χ3n) is 5.33. The molecule has 1 aliphatic carbocycles. The van der Waals surface area contributed by atoms with E-state index in [9.17, 15) is 0 Å². The van der Waals surface area contributed by atoms with Gasteiger partial charge in [0.25, 0.3) is 0 Å². The van der Waals surface area contributed by atoms with Crippen molar-refractivity contribution in [2.45, 2.75) is 52.5 Å². The minimum absolute atomic E-state index is 0.394. The first-order chi connectivity index (χ1) is 10.2. The lowest BCUT2D eigenvalue weighted by molar-refractivity contribution is 0.227. The summed E-state index contributed by atoms with van der Waals surface area (Å²) in [6.45, 7) is 8.01. The van der Waals surface area contributed by atoms with E-state index in [2.05, 4.69) is 62.5 Å². The molecular weight excluding hydrogens is 254 g/mol. The SMILES string of the molecule is CCNC(c1c(C)ccc2ccccc12)C1(C)CCCC1. The van der Waals surface area contributed by atoms with Crippen LogP contribution in [0.15, 0.2) is 36.4 Å². The third-order valence-corrected chi connectivity index (χ3v) is 5.33. The summed E-state index contributed by atoms with van der Waals surface area (Å²) < 4.78 is 0. The molecule has 1 heteroatoms. The molecule has 0 heterocycles. The number of fused-ring (bicyclic) bond motifs is 1. The first-order valence-electron chi connectivity index (χ1n) is 8.37. The lowest BCUT2D eigenvalue weighted by Crippen LogP contribution is -2.35. The van der Waals surface area contributed by atoms with Gasteiger partial charge in [0.05, 0.1) is 0 Å². The van der Waals surface area contributed by atoms with Gasteiger partial charge >= 0.3 is 0 Å². The zero-order valence-corrected chi connectivity index (χ0v) is 13.6. The molecule has 0 amide bonds. The van der Waals surface area contributed by atoms with Crippen molar-refractivity contribution in [3.8, 4) is 0 Å². The highest BCUT2D eigenvalue weighted by Gasteiger charge is 2.38. The topological polar surface area (TPSA) is 12.0 Å². The zero-order chi connectivity index (χ0) is 14.9. The largest absolute Gasteiger partial charge is 0.310 e. The second-order valence-corrected chi connectivity index (χ2v) is 6.87. The standard InChI is InChI=1S/C20H27N/c1-4-21-19(20(3)13-7-8-14-20)18-15(2)11-12-16-9-5-6-10-17(16)18/h5-6,9-12,19,21H,4,7-8,13-14H2,1-3H3. The van der Waals surface area contributed by atoms with E-state index in [1.807, 2.05) is 0 Å². The van der Waals surface area contributed by atoms with E-state index in [0.29, 0.717) is 11.5 Å². The van der Waals surface area contributed by atoms with Crippen LogP contribution in [0.5, 0.6) is 0 Å². The van der Waals surface area contributed by atoms with Gasteiger partial charge in [-0.1, -0.05) is 63.1 Å². The van der Waals surface area contributed by atoms with Gasteiger partial charge in [0, 0.05) is 6.04 Å². The Bertz CT molecular complexity index is 623. The van der Waals surface area contributed by atoms with E-state index >= 15 is 0 Å². The molecule has 112 valence electrons. The van der Waals surface area contributed by atoms with Crippen molar-refractivity contribution in [3.05, 3.63) is 47.5 Å². The minimum atomic E-state index is 0.394. The smallest absolute Gasteiger partial charge is 0.0383 e. The number of rotatable bonds is 4. The zero-order valence-electron chi connectivity index (χ0n) is 13.6. The molecule has 1 saturated carbocycles. The molecule has 0 saturated heterocycles. The summed E-state index contributed by atoms with van der Waals surface area (Å²) in [5, 5.41) is 6.61. The van der Waals surface area contributed by atoms with Crippen molar-refractivity contribution in [2.24, 2.45) is 5.41 Å². The van der Waals surface area contributed by atoms with E-state index in [1.165, 1.54) is 47.6 Å². The van der Waals surface area contributed by atoms with Crippen LogP contribution in [0.25, 0.3) is 10.8 Å². The predicted molar refractivity (Wildman–Crippen MR) is 91.7 cm³/mol. The molecule has 1 atom stereocenters. The Hall–Kier alpha value is -1.34. The molecule has 21 heavy (non-hydrogen) atoms. The van der Waals surface area contributed by atoms with Crippen LogP contribution < -0.4 is 5.32 Å². The van der Waals surface area contributed by atoms with E-state index in [0.717, 1.165) is 6.54 Å². The summed E-state index contributed by atoms with van der Waals surface area (Å²) in [7, 11) is 0. The normalized spacial score (nSPS) is 19.0. The monoisotopic (exact) mass is 281 g/mol. The van der Waals surface area contributed by atoms with Gasteiger partial charge in [0.2, 0.25) is 0 Å². The molecule has 0 bridgehead atoms. The van der Waals surface area contributed by atoms with Crippen LogP contribution in [0.2, 0.25) is 0 Å². The summed E-state index contributed by atoms with van der Waals surface area (Å²) in [5.74, 6) is 0. The van der Waals surface area contributed by atoms with Crippen LogP contribution in [-0.2, 0) is 0 Å². The molecule has 0 aromatic heterocycles. The molecule has 2 aromatic rings. The molecule has 0 aliphatic heterocycles. The highest BCUT2D eigenvalue weighted by Crippen LogP contribution is 2.49. The van der Waals surface area contributed by atoms with Crippen LogP contribution in [0, 0.1) is 12.3 Å². The number of aryl methyl sites for hydroxylation is 1. The Morgan fingerprint density at radius 2 is 1.81 bits per heavy atom.